The number of aliphatic hydroxyl groups is 3. The molecule has 5 N–H and O–H groups in total. The summed E-state index contributed by atoms with van der Waals surface area (Å²) in [7, 11) is -2.08. The number of anilines is 1. The minimum absolute atomic E-state index is 0.0533. The van der Waals surface area contributed by atoms with Gasteiger partial charge in [0.1, 0.15) is 5.69 Å². The summed E-state index contributed by atoms with van der Waals surface area (Å²) in [6.45, 7) is 24.3. The number of likely N-dealkylation sites (tertiary alicyclic amines) is 2. The fourth-order valence-electron chi connectivity index (χ4n) is 7.70. The summed E-state index contributed by atoms with van der Waals surface area (Å²) in [5.74, 6) is 2.24. The number of sulfonamides is 1. The van der Waals surface area contributed by atoms with E-state index in [1.807, 2.05) is 41.5 Å². The van der Waals surface area contributed by atoms with Gasteiger partial charge >= 0.3 is 0 Å². The van der Waals surface area contributed by atoms with Crippen molar-refractivity contribution in [3.63, 3.8) is 0 Å². The first-order chi connectivity index (χ1) is 26.1. The number of morpholine rings is 1. The number of thioether (sulfide) groups is 1. The molecular formula is C40H68N7O7S2+. The highest BCUT2D eigenvalue weighted by molar-refractivity contribution is 8.04. The van der Waals surface area contributed by atoms with E-state index < -0.39 is 26.8 Å². The molecule has 7 rings (SSSR count). The van der Waals surface area contributed by atoms with Gasteiger partial charge in [-0.25, -0.2) is 23.4 Å². The number of hydrogen-bond donors (Lipinski definition) is 5. The third-order valence-corrected chi connectivity index (χ3v) is 14.0. The quantitative estimate of drug-likeness (QED) is 0.235. The van der Waals surface area contributed by atoms with Gasteiger partial charge in [0.15, 0.2) is 0 Å². The monoisotopic (exact) mass is 822 g/mol. The first kappa shape index (κ1) is 44.8. The SMILES string of the molecule is CC(C)(O)C1CCC1.CC[NH+]1CC(C(C)(C)O)C1.COc1ncc(C2=NC(N3CCOCC3)=NC3C(CN4CC(C(C)(C)O)C4)=C(C)SC23)cc1NS(C)(=O)=O. The number of hydrogen-bond acceptors (Lipinski definition) is 13. The van der Waals surface area contributed by atoms with Gasteiger partial charge in [-0.05, 0) is 90.7 Å². The van der Waals surface area contributed by atoms with Crippen LogP contribution in [0.1, 0.15) is 80.2 Å². The van der Waals surface area contributed by atoms with Crippen molar-refractivity contribution in [3.05, 3.63) is 28.3 Å². The van der Waals surface area contributed by atoms with E-state index in [-0.39, 0.29) is 28.8 Å². The van der Waals surface area contributed by atoms with Crippen LogP contribution in [0.25, 0.3) is 0 Å². The fraction of sp³-hybridized carbons (Fsp3) is 0.775. The number of nitrogens with one attached hydrogen (secondary N) is 2. The standard InChI is InChI=1S/C25H36N6O5S2.C8H17NO.C7H14O/c1-15-18(14-30-12-17(13-30)25(2,3)32)21-22(37-15)20(27-24(28-21)31-6-8-36-9-7-31)16-10-19(29-38(5,33)34)23(35-4)26-11-16;1-4-9-5-7(6-9)8(2,3)10;1-7(2,8)6-4-3-5-6/h10-11,17,21-22,29,32H,6-9,12-14H2,1-5H3;7,10H,4-6H2,1-3H3;6,8H,3-5H2,1-2H3/p+1. The summed E-state index contributed by atoms with van der Waals surface area (Å²) in [5.41, 5.74) is 1.54. The molecule has 4 fully saturated rings. The van der Waals surface area contributed by atoms with Gasteiger partial charge in [-0.3, -0.25) is 9.62 Å². The van der Waals surface area contributed by atoms with Gasteiger partial charge < -0.3 is 34.6 Å². The number of ether oxygens (including phenoxy) is 2. The van der Waals surface area contributed by atoms with Gasteiger partial charge in [-0.15, -0.1) is 11.8 Å². The average Bonchev–Trinajstić information content (AvgIpc) is 3.33. The summed E-state index contributed by atoms with van der Waals surface area (Å²) < 4.78 is 37.4. The van der Waals surface area contributed by atoms with Crippen molar-refractivity contribution >= 4 is 39.1 Å². The van der Waals surface area contributed by atoms with E-state index in [0.717, 1.165) is 50.3 Å². The molecule has 0 bridgehead atoms. The van der Waals surface area contributed by atoms with Gasteiger partial charge in [-0.2, -0.15) is 0 Å². The summed E-state index contributed by atoms with van der Waals surface area (Å²) in [4.78, 5) is 21.9. The molecule has 14 nitrogen and oxygen atoms in total. The number of methoxy groups -OCH3 is 1. The van der Waals surface area contributed by atoms with E-state index in [0.29, 0.717) is 44.1 Å². The van der Waals surface area contributed by atoms with E-state index in [2.05, 4.69) is 33.4 Å². The van der Waals surface area contributed by atoms with E-state index in [1.165, 1.54) is 43.4 Å². The van der Waals surface area contributed by atoms with Gasteiger partial charge in [0.2, 0.25) is 21.9 Å². The largest absolute Gasteiger partial charge is 0.480 e. The zero-order valence-corrected chi connectivity index (χ0v) is 36.9. The maximum atomic E-state index is 12.0. The van der Waals surface area contributed by atoms with Crippen LogP contribution in [0.5, 0.6) is 5.88 Å². The Morgan fingerprint density at radius 1 is 1.00 bits per heavy atom. The Labute approximate surface area is 339 Å². The zero-order valence-electron chi connectivity index (χ0n) is 35.3. The molecule has 2 atom stereocenters. The molecule has 16 heteroatoms. The number of rotatable bonds is 10. The number of allylic oxidation sites excluding steroid dienone is 1. The molecule has 3 saturated heterocycles. The lowest BCUT2D eigenvalue weighted by molar-refractivity contribution is -0.951. The van der Waals surface area contributed by atoms with Crippen LogP contribution in [-0.4, -0.2) is 157 Å². The highest BCUT2D eigenvalue weighted by atomic mass is 32.2. The molecule has 6 heterocycles. The summed E-state index contributed by atoms with van der Waals surface area (Å²) >= 11 is 1.75. The molecule has 316 valence electrons. The molecular weight excluding hydrogens is 755 g/mol. The van der Waals surface area contributed by atoms with Crippen molar-refractivity contribution < 1.29 is 38.1 Å². The Hall–Kier alpha value is -2.31. The second-order valence-electron chi connectivity index (χ2n) is 17.9. The minimum atomic E-state index is -3.54. The maximum absolute atomic E-state index is 12.0. The Morgan fingerprint density at radius 3 is 2.09 bits per heavy atom. The minimum Gasteiger partial charge on any atom is -0.480 e. The molecule has 1 aromatic heterocycles. The van der Waals surface area contributed by atoms with E-state index in [9.17, 15) is 23.7 Å². The Bertz CT molecular complexity index is 1710. The number of fused-ring (bicyclic) bond motifs is 1. The Kier molecular flexibility index (Phi) is 14.3. The lowest BCUT2D eigenvalue weighted by Gasteiger charge is -2.46. The smallest absolute Gasteiger partial charge is 0.238 e. The van der Waals surface area contributed by atoms with Crippen LogP contribution < -0.4 is 14.4 Å². The third kappa shape index (κ3) is 11.5. The second-order valence-corrected chi connectivity index (χ2v) is 21.0. The molecule has 0 aromatic carbocycles. The lowest BCUT2D eigenvalue weighted by atomic mass is 9.75. The molecule has 0 amide bonds. The second kappa shape index (κ2) is 17.9. The van der Waals surface area contributed by atoms with Crippen molar-refractivity contribution in [3.8, 4) is 5.88 Å². The predicted octanol–water partition coefficient (Wildman–Crippen LogP) is 2.26. The summed E-state index contributed by atoms with van der Waals surface area (Å²) in [6.07, 6.45) is 6.55. The maximum Gasteiger partial charge on any atom is 0.238 e. The van der Waals surface area contributed by atoms with Crippen LogP contribution in [0.3, 0.4) is 0 Å². The van der Waals surface area contributed by atoms with Crippen molar-refractivity contribution in [1.82, 2.24) is 14.8 Å². The van der Waals surface area contributed by atoms with Crippen LogP contribution >= 0.6 is 11.8 Å². The van der Waals surface area contributed by atoms with Crippen LogP contribution in [0.4, 0.5) is 5.69 Å². The van der Waals surface area contributed by atoms with Crippen LogP contribution in [-0.2, 0) is 14.8 Å². The lowest BCUT2D eigenvalue weighted by Crippen LogP contribution is -3.20. The molecule has 2 unspecified atom stereocenters. The van der Waals surface area contributed by atoms with Crippen LogP contribution in [0, 0.1) is 17.8 Å². The first-order valence-electron chi connectivity index (χ1n) is 20.2. The fourth-order valence-corrected chi connectivity index (χ4v) is 9.62. The van der Waals surface area contributed by atoms with E-state index >= 15 is 0 Å². The number of nitrogens with zero attached hydrogens (tertiary/aromatic N) is 5. The summed E-state index contributed by atoms with van der Waals surface area (Å²) in [5, 5.41) is 29.2. The van der Waals surface area contributed by atoms with Crippen LogP contribution in [0.2, 0.25) is 0 Å². The Morgan fingerprint density at radius 2 is 1.61 bits per heavy atom. The number of aliphatic imine (C=N–C) groups is 2. The molecule has 1 aliphatic carbocycles. The molecule has 56 heavy (non-hydrogen) atoms. The normalized spacial score (nSPS) is 26.3. The number of aromatic nitrogens is 1. The van der Waals surface area contributed by atoms with Crippen molar-refractivity contribution in [2.75, 3.05) is 83.7 Å². The number of pyridine rings is 1. The molecule has 1 saturated carbocycles. The summed E-state index contributed by atoms with van der Waals surface area (Å²) in [6, 6.07) is 1.64. The van der Waals surface area contributed by atoms with Gasteiger partial charge in [0.25, 0.3) is 0 Å². The average molecular weight is 823 g/mol. The van der Waals surface area contributed by atoms with Crippen molar-refractivity contribution in [2.45, 2.75) is 103 Å². The van der Waals surface area contributed by atoms with Crippen molar-refractivity contribution in [1.29, 1.82) is 0 Å². The molecule has 0 radical (unpaired) electrons. The first-order valence-corrected chi connectivity index (χ1v) is 22.9. The highest BCUT2D eigenvalue weighted by Gasteiger charge is 2.45. The predicted molar refractivity (Wildman–Crippen MR) is 224 cm³/mol. The van der Waals surface area contributed by atoms with Gasteiger partial charge in [0.05, 0.1) is 85.9 Å². The number of quaternary nitrogens is 1. The molecule has 1 aromatic rings. The van der Waals surface area contributed by atoms with E-state index in [1.54, 1.807) is 28.9 Å². The molecule has 0 spiro atoms. The zero-order chi connectivity index (χ0) is 41.2. The number of guanidine groups is 1. The van der Waals surface area contributed by atoms with E-state index in [4.69, 9.17) is 19.5 Å². The Balaban J connectivity index is 0.000000272. The highest BCUT2D eigenvalue weighted by Crippen LogP contribution is 2.44. The van der Waals surface area contributed by atoms with Crippen molar-refractivity contribution in [2.24, 2.45) is 27.7 Å². The van der Waals surface area contributed by atoms with Gasteiger partial charge in [-0.1, -0.05) is 6.42 Å². The van der Waals surface area contributed by atoms with Gasteiger partial charge in [0, 0.05) is 50.4 Å². The molecule has 6 aliphatic rings. The topological polar surface area (TPSA) is 174 Å². The van der Waals surface area contributed by atoms with Crippen LogP contribution in [0.15, 0.2) is 32.7 Å². The third-order valence-electron chi connectivity index (χ3n) is 12.1. The molecule has 5 aliphatic heterocycles.